The molecule has 6 aromatic rings. The van der Waals surface area contributed by atoms with Crippen LogP contribution < -0.4 is 26.5 Å². The standard InChI is InChI=1S/C32H26F4NP2.C5H5.Fe/c1-22(31-14-9-15-32(31)38(27-10-5-3-6-11-27)28-12-7-4-8-13-28)37(2)39(29-18-23(33)16-24(34)19-29)30-20-25(35)17-26(36)21-30;1-2-4-5-3-1;/h3-22H,1-2H3;1-5H;/q-1;-5;/t22-;;/m1../s1. The smallest absolute Gasteiger partial charge is 0.126 e. The Morgan fingerprint density at radius 3 is 1.38 bits per heavy atom. The van der Waals surface area contributed by atoms with Crippen LogP contribution >= 0.6 is 16.0 Å². The van der Waals surface area contributed by atoms with Gasteiger partial charge in [0.1, 0.15) is 23.3 Å². The predicted molar refractivity (Wildman–Crippen MR) is 178 cm³/mol. The van der Waals surface area contributed by atoms with E-state index in [0.717, 1.165) is 23.0 Å². The molecular weight excluding hydrogens is 652 g/mol. The van der Waals surface area contributed by atoms with Crippen LogP contribution in [0.5, 0.6) is 0 Å². The van der Waals surface area contributed by atoms with E-state index in [1.54, 1.807) is 0 Å². The van der Waals surface area contributed by atoms with Gasteiger partial charge in [-0.05, 0) is 55.9 Å². The zero-order chi connectivity index (χ0) is 31.1. The van der Waals surface area contributed by atoms with E-state index >= 15 is 0 Å². The second kappa shape index (κ2) is 16.3. The van der Waals surface area contributed by atoms with E-state index in [0.29, 0.717) is 10.6 Å². The van der Waals surface area contributed by atoms with Gasteiger partial charge < -0.3 is 30.3 Å². The maximum Gasteiger partial charge on any atom is 0.126 e. The Balaban J connectivity index is 0.000000700. The van der Waals surface area contributed by atoms with Crippen LogP contribution in [0.1, 0.15) is 18.5 Å². The van der Waals surface area contributed by atoms with E-state index in [-0.39, 0.29) is 23.1 Å². The van der Waals surface area contributed by atoms with Gasteiger partial charge in [0, 0.05) is 47.9 Å². The largest absolute Gasteiger partial charge is 0.748 e. The van der Waals surface area contributed by atoms with Crippen molar-refractivity contribution < 1.29 is 34.6 Å². The van der Waals surface area contributed by atoms with Crippen molar-refractivity contribution in [2.75, 3.05) is 7.05 Å². The minimum Gasteiger partial charge on any atom is -0.748 e. The van der Waals surface area contributed by atoms with Gasteiger partial charge in [-0.2, -0.15) is 6.07 Å². The molecule has 6 aromatic carbocycles. The Kier molecular flexibility index (Phi) is 12.5. The first kappa shape index (κ1) is 34.5. The molecule has 1 atom stereocenters. The number of hydrogen-bond acceptors (Lipinski definition) is 1. The molecule has 0 spiro atoms. The van der Waals surface area contributed by atoms with Gasteiger partial charge >= 0.3 is 0 Å². The minimum absolute atomic E-state index is 0. The average Bonchev–Trinajstić information content (AvgIpc) is 3.74. The third-order valence-corrected chi connectivity index (χ3v) is 12.2. The van der Waals surface area contributed by atoms with E-state index in [9.17, 15) is 17.6 Å². The predicted octanol–water partition coefficient (Wildman–Crippen LogP) is 8.16. The fraction of sp³-hybridized carbons (Fsp3) is 0.0811. The molecule has 1 nitrogen and oxygen atoms in total. The molecule has 0 aliphatic rings. The van der Waals surface area contributed by atoms with Crippen molar-refractivity contribution in [1.29, 1.82) is 0 Å². The van der Waals surface area contributed by atoms with Gasteiger partial charge in [0.2, 0.25) is 0 Å². The summed E-state index contributed by atoms with van der Waals surface area (Å²) in [5.41, 5.74) is 1.05. The van der Waals surface area contributed by atoms with Crippen molar-refractivity contribution >= 4 is 42.5 Å². The first-order chi connectivity index (χ1) is 21.3. The zero-order valence-corrected chi connectivity index (χ0v) is 27.5. The van der Waals surface area contributed by atoms with E-state index in [2.05, 4.69) is 36.4 Å². The van der Waals surface area contributed by atoms with Crippen LogP contribution in [-0.2, 0) is 17.1 Å². The molecule has 0 amide bonds. The monoisotopic (exact) mass is 683 g/mol. The number of rotatable bonds is 8. The van der Waals surface area contributed by atoms with Crippen LogP contribution in [0.3, 0.4) is 0 Å². The van der Waals surface area contributed by atoms with Gasteiger partial charge in [0.25, 0.3) is 0 Å². The van der Waals surface area contributed by atoms with Gasteiger partial charge in [-0.15, -0.1) is 10.9 Å². The molecule has 45 heavy (non-hydrogen) atoms. The summed E-state index contributed by atoms with van der Waals surface area (Å²) in [4.78, 5) is 0. The van der Waals surface area contributed by atoms with Gasteiger partial charge in [-0.25, -0.2) is 29.7 Å². The van der Waals surface area contributed by atoms with Crippen LogP contribution in [0, 0.1) is 23.3 Å². The van der Waals surface area contributed by atoms with Crippen molar-refractivity contribution in [3.05, 3.63) is 174 Å². The first-order valence-corrected chi connectivity index (χ1v) is 16.7. The van der Waals surface area contributed by atoms with Crippen molar-refractivity contribution in [3.8, 4) is 0 Å². The Labute approximate surface area is 275 Å². The molecule has 6 rings (SSSR count). The van der Waals surface area contributed by atoms with Gasteiger partial charge in [0.05, 0.1) is 0 Å². The van der Waals surface area contributed by atoms with Gasteiger partial charge in [-0.1, -0.05) is 67.6 Å². The summed E-state index contributed by atoms with van der Waals surface area (Å²) in [6, 6.07) is 43.1. The number of hydrogen-bond donors (Lipinski definition) is 0. The molecule has 0 heterocycles. The third kappa shape index (κ3) is 8.67. The van der Waals surface area contributed by atoms with E-state index in [4.69, 9.17) is 0 Å². The molecule has 0 unspecified atom stereocenters. The van der Waals surface area contributed by atoms with E-state index < -0.39 is 39.3 Å². The summed E-state index contributed by atoms with van der Waals surface area (Å²) in [6.45, 7) is 2.02. The van der Waals surface area contributed by atoms with Gasteiger partial charge in [-0.3, -0.25) is 4.67 Å². The molecule has 0 aromatic heterocycles. The molecule has 0 N–H and O–H groups in total. The Hall–Kier alpha value is -3.36. The average molecular weight is 683 g/mol. The van der Waals surface area contributed by atoms with Crippen LogP contribution in [0.2, 0.25) is 0 Å². The molecule has 0 bridgehead atoms. The maximum absolute atomic E-state index is 14.4. The summed E-state index contributed by atoms with van der Waals surface area (Å²) in [6.07, 6.45) is 0. The van der Waals surface area contributed by atoms with Crippen molar-refractivity contribution in [2.24, 2.45) is 0 Å². The zero-order valence-electron chi connectivity index (χ0n) is 24.6. The molecule has 0 radical (unpaired) electrons. The van der Waals surface area contributed by atoms with E-state index in [1.165, 1.54) is 34.9 Å². The minimum atomic E-state index is -1.68. The summed E-state index contributed by atoms with van der Waals surface area (Å²) in [5, 5.41) is 4.23. The fourth-order valence-corrected chi connectivity index (χ4v) is 10.1. The maximum atomic E-state index is 14.4. The van der Waals surface area contributed by atoms with Crippen molar-refractivity contribution in [1.82, 2.24) is 4.67 Å². The van der Waals surface area contributed by atoms with E-state index in [1.807, 2.05) is 91.4 Å². The second-order valence-electron chi connectivity index (χ2n) is 10.2. The normalized spacial score (nSPS) is 11.7. The summed E-state index contributed by atoms with van der Waals surface area (Å²) in [5.74, 6) is -2.94. The van der Waals surface area contributed by atoms with Crippen LogP contribution in [0.4, 0.5) is 17.6 Å². The Morgan fingerprint density at radius 1 is 0.578 bits per heavy atom. The second-order valence-corrected chi connectivity index (χ2v) is 14.6. The Morgan fingerprint density at radius 2 is 0.978 bits per heavy atom. The number of halogens is 4. The molecule has 0 aliphatic carbocycles. The molecule has 8 heteroatoms. The summed E-state index contributed by atoms with van der Waals surface area (Å²) in [7, 11) is -0.736. The third-order valence-electron chi connectivity index (χ3n) is 7.16. The summed E-state index contributed by atoms with van der Waals surface area (Å²) < 4.78 is 59.4. The van der Waals surface area contributed by atoms with Crippen molar-refractivity contribution in [3.63, 3.8) is 0 Å². The molecule has 0 aliphatic heterocycles. The topological polar surface area (TPSA) is 3.24 Å². The number of nitrogens with zero attached hydrogens (tertiary/aromatic N) is 1. The van der Waals surface area contributed by atoms with Crippen molar-refractivity contribution in [2.45, 2.75) is 13.0 Å². The SMILES string of the molecule is C[C@H]([c-]1cccc1P(c1ccccc1)c1ccccc1)N(C)P(c1cc(F)cc(F)c1)c1cc(F)cc(F)c1.[Fe].[cH-]1[cH-][cH-][cH-][cH-]1. The summed E-state index contributed by atoms with van der Waals surface area (Å²) >= 11 is 0. The van der Waals surface area contributed by atoms with Crippen LogP contribution in [-0.4, -0.2) is 11.7 Å². The van der Waals surface area contributed by atoms with Crippen LogP contribution in [0.25, 0.3) is 0 Å². The quantitative estimate of drug-likeness (QED) is 0.0678. The molecular formula is C37H31F4FeNP2-6. The molecule has 0 fully saturated rings. The first-order valence-electron chi connectivity index (χ1n) is 14.1. The fourth-order valence-electron chi connectivity index (χ4n) is 5.09. The Bertz CT molecular complexity index is 1610. The number of benzene rings is 4. The molecule has 0 saturated carbocycles. The van der Waals surface area contributed by atoms with Crippen LogP contribution in [0.15, 0.2) is 146 Å². The molecule has 236 valence electrons. The molecule has 0 saturated heterocycles. The van der Waals surface area contributed by atoms with Gasteiger partial charge in [0.15, 0.2) is 0 Å².